The number of nitrogens with zero attached hydrogens (tertiary/aromatic N) is 3. The standard InChI is InChI=1S/C23H18ClFN4O5S2/c1-35(30,31)29-8-9-34-22-18-10-14(2-7-19(18)26-13-21(22)29)15-11-20(23(24)27-12-15)28-36(32,33)17-5-3-16(25)4-6-17/h2-7,10-13,28H,8-9H2,1H3. The first kappa shape index (κ1) is 24.2. The van der Waals surface area contributed by atoms with Crippen LogP contribution >= 0.6 is 11.6 Å². The third-order valence-electron chi connectivity index (χ3n) is 5.55. The molecule has 186 valence electrons. The van der Waals surface area contributed by atoms with Crippen molar-refractivity contribution in [3.8, 4) is 16.9 Å². The van der Waals surface area contributed by atoms with Gasteiger partial charge >= 0.3 is 0 Å². The van der Waals surface area contributed by atoms with E-state index in [2.05, 4.69) is 14.7 Å². The Morgan fingerprint density at radius 2 is 1.75 bits per heavy atom. The summed E-state index contributed by atoms with van der Waals surface area (Å²) in [6.45, 7) is 0.360. The summed E-state index contributed by atoms with van der Waals surface area (Å²) in [6, 6.07) is 11.2. The van der Waals surface area contributed by atoms with Crippen LogP contribution in [0.15, 0.2) is 65.8 Å². The van der Waals surface area contributed by atoms with Crippen LogP contribution in [-0.4, -0.2) is 46.2 Å². The van der Waals surface area contributed by atoms with Crippen molar-refractivity contribution in [1.82, 2.24) is 9.97 Å². The fourth-order valence-electron chi connectivity index (χ4n) is 3.86. The number of halogens is 2. The Kier molecular flexibility index (Phi) is 5.97. The van der Waals surface area contributed by atoms with Crippen molar-refractivity contribution in [2.24, 2.45) is 0 Å². The van der Waals surface area contributed by atoms with Gasteiger partial charge in [0.15, 0.2) is 10.9 Å². The second kappa shape index (κ2) is 8.87. The van der Waals surface area contributed by atoms with Crippen molar-refractivity contribution in [3.63, 3.8) is 0 Å². The molecule has 9 nitrogen and oxygen atoms in total. The van der Waals surface area contributed by atoms with Crippen LogP contribution in [0.5, 0.6) is 5.75 Å². The van der Waals surface area contributed by atoms with Crippen LogP contribution in [0.4, 0.5) is 15.8 Å². The van der Waals surface area contributed by atoms with Gasteiger partial charge < -0.3 is 4.74 Å². The SMILES string of the molecule is CS(=O)(=O)N1CCOc2c1cnc1ccc(-c3cnc(Cl)c(NS(=O)(=O)c4ccc(F)cc4)c3)cc21. The maximum absolute atomic E-state index is 13.2. The average Bonchev–Trinajstić information content (AvgIpc) is 2.84. The number of nitrogens with one attached hydrogen (secondary N) is 1. The Morgan fingerprint density at radius 1 is 1.00 bits per heavy atom. The molecule has 5 rings (SSSR count). The Morgan fingerprint density at radius 3 is 2.47 bits per heavy atom. The van der Waals surface area contributed by atoms with E-state index in [0.29, 0.717) is 33.5 Å². The molecule has 36 heavy (non-hydrogen) atoms. The molecule has 0 atom stereocenters. The van der Waals surface area contributed by atoms with Crippen molar-refractivity contribution in [1.29, 1.82) is 0 Å². The predicted octanol–water partition coefficient (Wildman–Crippen LogP) is 4.05. The number of pyridine rings is 2. The van der Waals surface area contributed by atoms with Gasteiger partial charge in [-0.15, -0.1) is 0 Å². The normalized spacial score (nSPS) is 13.8. The van der Waals surface area contributed by atoms with Crippen molar-refractivity contribution < 1.29 is 26.0 Å². The fourth-order valence-corrected chi connectivity index (χ4v) is 6.01. The summed E-state index contributed by atoms with van der Waals surface area (Å²) in [5.74, 6) is -0.176. The number of sulfonamides is 2. The molecule has 2 aromatic carbocycles. The van der Waals surface area contributed by atoms with E-state index in [1.807, 2.05) is 0 Å². The number of anilines is 2. The molecule has 1 N–H and O–H groups in total. The van der Waals surface area contributed by atoms with Crippen LogP contribution in [0.2, 0.25) is 5.15 Å². The maximum Gasteiger partial charge on any atom is 0.261 e. The zero-order chi connectivity index (χ0) is 25.7. The molecule has 0 bridgehead atoms. The first-order valence-electron chi connectivity index (χ1n) is 10.5. The molecule has 3 heterocycles. The van der Waals surface area contributed by atoms with Gasteiger partial charge in [0.25, 0.3) is 10.0 Å². The highest BCUT2D eigenvalue weighted by molar-refractivity contribution is 7.92. The van der Waals surface area contributed by atoms with Crippen LogP contribution < -0.4 is 13.8 Å². The summed E-state index contributed by atoms with van der Waals surface area (Å²) < 4.78 is 72.6. The molecule has 0 aliphatic carbocycles. The molecule has 4 aromatic rings. The molecular formula is C23H18ClFN4O5S2. The Labute approximate surface area is 211 Å². The minimum Gasteiger partial charge on any atom is -0.489 e. The van der Waals surface area contributed by atoms with Crippen molar-refractivity contribution in [2.75, 3.05) is 28.4 Å². The van der Waals surface area contributed by atoms with Gasteiger partial charge in [0, 0.05) is 17.1 Å². The Balaban J connectivity index is 1.56. The molecule has 2 aromatic heterocycles. The summed E-state index contributed by atoms with van der Waals surface area (Å²) in [5.41, 5.74) is 2.14. The van der Waals surface area contributed by atoms with E-state index >= 15 is 0 Å². The third-order valence-corrected chi connectivity index (χ3v) is 8.41. The number of benzene rings is 2. The van der Waals surface area contributed by atoms with Crippen LogP contribution in [-0.2, 0) is 20.0 Å². The molecule has 0 spiro atoms. The van der Waals surface area contributed by atoms with E-state index in [0.717, 1.165) is 30.5 Å². The largest absolute Gasteiger partial charge is 0.489 e. The topological polar surface area (TPSA) is 119 Å². The van der Waals surface area contributed by atoms with E-state index < -0.39 is 25.9 Å². The molecule has 0 saturated heterocycles. The smallest absolute Gasteiger partial charge is 0.261 e. The number of aromatic nitrogens is 2. The molecule has 0 amide bonds. The van der Waals surface area contributed by atoms with Crippen molar-refractivity contribution >= 4 is 53.9 Å². The lowest BCUT2D eigenvalue weighted by Gasteiger charge is -2.29. The number of hydrogen-bond donors (Lipinski definition) is 1. The summed E-state index contributed by atoms with van der Waals surface area (Å²) in [5, 5.41) is 0.512. The minimum atomic E-state index is -4.05. The highest BCUT2D eigenvalue weighted by Gasteiger charge is 2.27. The second-order valence-electron chi connectivity index (χ2n) is 8.01. The summed E-state index contributed by atoms with van der Waals surface area (Å²) in [4.78, 5) is 8.34. The fraction of sp³-hybridized carbons (Fsp3) is 0.130. The highest BCUT2D eigenvalue weighted by atomic mass is 35.5. The van der Waals surface area contributed by atoms with Gasteiger partial charge in [-0.05, 0) is 48.0 Å². The lowest BCUT2D eigenvalue weighted by atomic mass is 10.0. The zero-order valence-electron chi connectivity index (χ0n) is 18.6. The zero-order valence-corrected chi connectivity index (χ0v) is 21.0. The summed E-state index contributed by atoms with van der Waals surface area (Å²) in [7, 11) is -7.57. The minimum absolute atomic E-state index is 0.0336. The van der Waals surface area contributed by atoms with Gasteiger partial charge in [-0.3, -0.25) is 14.0 Å². The predicted molar refractivity (Wildman–Crippen MR) is 135 cm³/mol. The van der Waals surface area contributed by atoms with Crippen LogP contribution in [0.1, 0.15) is 0 Å². The highest BCUT2D eigenvalue weighted by Crippen LogP contribution is 2.40. The summed E-state index contributed by atoms with van der Waals surface area (Å²) in [6.07, 6.45) is 4.06. The lowest BCUT2D eigenvalue weighted by Crippen LogP contribution is -2.37. The van der Waals surface area contributed by atoms with Crippen LogP contribution in [0, 0.1) is 5.82 Å². The van der Waals surface area contributed by atoms with Gasteiger partial charge in [-0.25, -0.2) is 26.2 Å². The first-order chi connectivity index (χ1) is 17.0. The van der Waals surface area contributed by atoms with Crippen LogP contribution in [0.3, 0.4) is 0 Å². The average molecular weight is 549 g/mol. The molecule has 0 radical (unpaired) electrons. The van der Waals surface area contributed by atoms with Gasteiger partial charge in [-0.1, -0.05) is 17.7 Å². The second-order valence-corrected chi connectivity index (χ2v) is 12.0. The van der Waals surface area contributed by atoms with Gasteiger partial charge in [0.05, 0.1) is 35.1 Å². The third kappa shape index (κ3) is 4.54. The van der Waals surface area contributed by atoms with E-state index in [-0.39, 0.29) is 28.9 Å². The molecule has 0 unspecified atom stereocenters. The van der Waals surface area contributed by atoms with Gasteiger partial charge in [0.2, 0.25) is 10.0 Å². The molecule has 0 saturated carbocycles. The van der Waals surface area contributed by atoms with Gasteiger partial charge in [0.1, 0.15) is 18.1 Å². The van der Waals surface area contributed by atoms with E-state index in [1.54, 1.807) is 18.2 Å². The molecular weight excluding hydrogens is 531 g/mol. The maximum atomic E-state index is 13.2. The number of ether oxygens (including phenoxy) is 1. The van der Waals surface area contributed by atoms with Crippen molar-refractivity contribution in [2.45, 2.75) is 4.90 Å². The molecule has 13 heteroatoms. The van der Waals surface area contributed by atoms with E-state index in [1.165, 1.54) is 22.8 Å². The summed E-state index contributed by atoms with van der Waals surface area (Å²) >= 11 is 6.16. The lowest BCUT2D eigenvalue weighted by molar-refractivity contribution is 0.319. The van der Waals surface area contributed by atoms with E-state index in [9.17, 15) is 21.2 Å². The molecule has 0 fully saturated rings. The Hall–Kier alpha value is -3.48. The van der Waals surface area contributed by atoms with Crippen molar-refractivity contribution in [3.05, 3.63) is 71.9 Å². The first-order valence-corrected chi connectivity index (χ1v) is 14.2. The molecule has 1 aliphatic heterocycles. The molecule has 1 aliphatic rings. The quantitative estimate of drug-likeness (QED) is 0.374. The van der Waals surface area contributed by atoms with Gasteiger partial charge in [-0.2, -0.15) is 0 Å². The number of rotatable bonds is 5. The number of fused-ring (bicyclic) bond motifs is 3. The van der Waals surface area contributed by atoms with E-state index in [4.69, 9.17) is 16.3 Å². The Bertz CT molecular complexity index is 1720. The monoisotopic (exact) mass is 548 g/mol. The van der Waals surface area contributed by atoms with Crippen LogP contribution in [0.25, 0.3) is 22.0 Å². The number of hydrogen-bond acceptors (Lipinski definition) is 7.